The Morgan fingerprint density at radius 2 is 1.84 bits per heavy atom. The van der Waals surface area contributed by atoms with Crippen LogP contribution in [-0.2, 0) is 32.0 Å². The zero-order valence-corrected chi connectivity index (χ0v) is 22.9. The minimum Gasteiger partial charge on any atom is -0.466 e. The molecular weight excluding hydrogens is 478 g/mol. The molecule has 1 unspecified atom stereocenters. The molecule has 3 N–H and O–H groups in total. The number of fused-ring (bicyclic) bond motifs is 1. The molecule has 4 rings (SSSR count). The maximum Gasteiger partial charge on any atom is 0.314 e. The molecule has 1 aliphatic heterocycles. The van der Waals surface area contributed by atoms with Gasteiger partial charge < -0.3 is 20.7 Å². The largest absolute Gasteiger partial charge is 0.466 e. The van der Waals surface area contributed by atoms with Gasteiger partial charge in [-0.05, 0) is 81.9 Å². The highest BCUT2D eigenvalue weighted by atomic mass is 16.5. The zero-order valence-electron chi connectivity index (χ0n) is 22.9. The molecule has 1 aliphatic carbocycles. The molecule has 1 saturated heterocycles. The number of ether oxygens (including phenoxy) is 1. The van der Waals surface area contributed by atoms with Crippen molar-refractivity contribution in [1.29, 1.82) is 0 Å². The number of hydrogen-bond donors (Lipinski definition) is 2. The van der Waals surface area contributed by atoms with Gasteiger partial charge in [-0.1, -0.05) is 54.6 Å². The highest BCUT2D eigenvalue weighted by Gasteiger charge is 2.46. The molecule has 204 valence electrons. The van der Waals surface area contributed by atoms with E-state index in [1.165, 1.54) is 11.1 Å². The Morgan fingerprint density at radius 3 is 2.55 bits per heavy atom. The summed E-state index contributed by atoms with van der Waals surface area (Å²) in [4.78, 5) is 42.2. The highest BCUT2D eigenvalue weighted by molar-refractivity contribution is 5.92. The SMILES string of the molecule is CCOC(=O)[C@]1(Cc2ccccc2)CCCN(C(=O)[C@@H](CC2CCc3ccccc32)NC(=O)C(C)(C)N)C1. The predicted molar refractivity (Wildman–Crippen MR) is 147 cm³/mol. The monoisotopic (exact) mass is 519 g/mol. The van der Waals surface area contributed by atoms with Gasteiger partial charge in [0, 0.05) is 13.1 Å². The number of hydrogen-bond acceptors (Lipinski definition) is 5. The first-order chi connectivity index (χ1) is 18.1. The van der Waals surface area contributed by atoms with Crippen LogP contribution in [0.1, 0.15) is 69.1 Å². The highest BCUT2D eigenvalue weighted by Crippen LogP contribution is 2.38. The molecule has 0 radical (unpaired) electrons. The summed E-state index contributed by atoms with van der Waals surface area (Å²) in [5, 5.41) is 2.97. The van der Waals surface area contributed by atoms with E-state index in [1.807, 2.05) is 42.5 Å². The van der Waals surface area contributed by atoms with Gasteiger partial charge in [-0.2, -0.15) is 0 Å². The lowest BCUT2D eigenvalue weighted by Crippen LogP contribution is -2.59. The van der Waals surface area contributed by atoms with Gasteiger partial charge in [0.2, 0.25) is 11.8 Å². The van der Waals surface area contributed by atoms with Gasteiger partial charge in [-0.15, -0.1) is 0 Å². The van der Waals surface area contributed by atoms with Crippen LogP contribution in [0.3, 0.4) is 0 Å². The number of esters is 1. The number of nitrogens with two attached hydrogens (primary N) is 1. The Kier molecular flexibility index (Phi) is 8.56. The van der Waals surface area contributed by atoms with E-state index in [4.69, 9.17) is 10.5 Å². The van der Waals surface area contributed by atoms with Crippen molar-refractivity contribution in [1.82, 2.24) is 10.2 Å². The molecule has 7 heteroatoms. The predicted octanol–water partition coefficient (Wildman–Crippen LogP) is 3.74. The lowest BCUT2D eigenvalue weighted by molar-refractivity contribution is -0.161. The van der Waals surface area contributed by atoms with Gasteiger partial charge in [-0.3, -0.25) is 14.4 Å². The second-order valence-corrected chi connectivity index (χ2v) is 11.4. The van der Waals surface area contributed by atoms with Gasteiger partial charge in [-0.25, -0.2) is 0 Å². The molecule has 1 heterocycles. The van der Waals surface area contributed by atoms with Crippen molar-refractivity contribution in [2.45, 2.75) is 76.8 Å². The summed E-state index contributed by atoms with van der Waals surface area (Å²) in [5.74, 6) is -0.617. The van der Waals surface area contributed by atoms with Crippen molar-refractivity contribution in [3.05, 3.63) is 71.3 Å². The fourth-order valence-electron chi connectivity index (χ4n) is 5.93. The summed E-state index contributed by atoms with van der Waals surface area (Å²) in [6, 6.07) is 17.5. The number of aryl methyl sites for hydroxylation is 1. The standard InChI is InChI=1S/C31H41N3O4/c1-4-38-29(37)31(20-22-11-6-5-7-12-22)17-10-18-34(21-31)27(35)26(33-28(36)30(2,3)32)19-24-16-15-23-13-8-9-14-25(23)24/h5-9,11-14,24,26H,4,10,15-21,32H2,1-3H3,(H,33,36)/t24?,26-,31+/m1/s1. The summed E-state index contributed by atoms with van der Waals surface area (Å²) in [6.07, 6.45) is 4.23. The van der Waals surface area contributed by atoms with Gasteiger partial charge in [0.25, 0.3) is 0 Å². The molecule has 2 aliphatic rings. The normalized spacial score (nSPS) is 21.9. The molecule has 2 aromatic carbocycles. The number of piperidine rings is 1. The Morgan fingerprint density at radius 1 is 1.13 bits per heavy atom. The Labute approximate surface area is 226 Å². The molecule has 1 fully saturated rings. The summed E-state index contributed by atoms with van der Waals surface area (Å²) >= 11 is 0. The van der Waals surface area contributed by atoms with Gasteiger partial charge >= 0.3 is 5.97 Å². The first-order valence-corrected chi connectivity index (χ1v) is 13.8. The molecule has 0 saturated carbocycles. The number of nitrogens with one attached hydrogen (secondary N) is 1. The van der Waals surface area contributed by atoms with Gasteiger partial charge in [0.15, 0.2) is 0 Å². The fourth-order valence-corrected chi connectivity index (χ4v) is 5.93. The van der Waals surface area contributed by atoms with E-state index < -0.39 is 17.0 Å². The van der Waals surface area contributed by atoms with E-state index in [2.05, 4.69) is 17.4 Å². The molecule has 7 nitrogen and oxygen atoms in total. The van der Waals surface area contributed by atoms with Crippen LogP contribution in [0.15, 0.2) is 54.6 Å². The zero-order chi connectivity index (χ0) is 27.3. The number of nitrogens with zero attached hydrogens (tertiary/aromatic N) is 1. The second kappa shape index (κ2) is 11.7. The van der Waals surface area contributed by atoms with E-state index in [0.29, 0.717) is 32.2 Å². The maximum absolute atomic E-state index is 14.1. The Bertz CT molecular complexity index is 1140. The summed E-state index contributed by atoms with van der Waals surface area (Å²) in [5.41, 5.74) is 7.74. The third-order valence-electron chi connectivity index (χ3n) is 7.95. The van der Waals surface area contributed by atoms with Crippen molar-refractivity contribution in [3.63, 3.8) is 0 Å². The third-order valence-corrected chi connectivity index (χ3v) is 7.95. The van der Waals surface area contributed by atoms with Crippen LogP contribution >= 0.6 is 0 Å². The van der Waals surface area contributed by atoms with E-state index in [0.717, 1.165) is 18.4 Å². The lowest BCUT2D eigenvalue weighted by atomic mass is 9.74. The van der Waals surface area contributed by atoms with Gasteiger partial charge in [0.1, 0.15) is 6.04 Å². The smallest absolute Gasteiger partial charge is 0.314 e. The van der Waals surface area contributed by atoms with Crippen LogP contribution in [0, 0.1) is 5.41 Å². The summed E-state index contributed by atoms with van der Waals surface area (Å²) < 4.78 is 5.54. The minimum atomic E-state index is -1.12. The number of rotatable bonds is 9. The molecule has 2 amide bonds. The van der Waals surface area contributed by atoms with Crippen LogP contribution < -0.4 is 11.1 Å². The molecule has 0 spiro atoms. The summed E-state index contributed by atoms with van der Waals surface area (Å²) in [6.45, 7) is 6.17. The van der Waals surface area contributed by atoms with Crippen molar-refractivity contribution >= 4 is 17.8 Å². The van der Waals surface area contributed by atoms with E-state index in [-0.39, 0.29) is 36.9 Å². The first-order valence-electron chi connectivity index (χ1n) is 13.8. The summed E-state index contributed by atoms with van der Waals surface area (Å²) in [7, 11) is 0. The van der Waals surface area contributed by atoms with E-state index in [1.54, 1.807) is 25.7 Å². The topological polar surface area (TPSA) is 102 Å². The minimum absolute atomic E-state index is 0.159. The van der Waals surface area contributed by atoms with E-state index >= 15 is 0 Å². The second-order valence-electron chi connectivity index (χ2n) is 11.4. The van der Waals surface area contributed by atoms with Crippen molar-refractivity contribution in [3.8, 4) is 0 Å². The average Bonchev–Trinajstić information content (AvgIpc) is 3.31. The van der Waals surface area contributed by atoms with Crippen molar-refractivity contribution in [2.24, 2.45) is 11.1 Å². The van der Waals surface area contributed by atoms with Crippen LogP contribution in [-0.4, -0.2) is 54.0 Å². The Hall–Kier alpha value is -3.19. The lowest BCUT2D eigenvalue weighted by Gasteiger charge is -2.42. The van der Waals surface area contributed by atoms with Crippen LogP contribution in [0.5, 0.6) is 0 Å². The molecule has 0 aromatic heterocycles. The third kappa shape index (κ3) is 6.26. The average molecular weight is 520 g/mol. The maximum atomic E-state index is 14.1. The number of amides is 2. The molecule has 0 bridgehead atoms. The number of likely N-dealkylation sites (tertiary alicyclic amines) is 1. The number of benzene rings is 2. The molecule has 3 atom stereocenters. The van der Waals surface area contributed by atoms with Crippen LogP contribution in [0.2, 0.25) is 0 Å². The van der Waals surface area contributed by atoms with Gasteiger partial charge in [0.05, 0.1) is 17.6 Å². The number of carbonyl (C=O) groups excluding carboxylic acids is 3. The van der Waals surface area contributed by atoms with E-state index in [9.17, 15) is 14.4 Å². The van der Waals surface area contributed by atoms with Crippen molar-refractivity contribution in [2.75, 3.05) is 19.7 Å². The molecule has 38 heavy (non-hydrogen) atoms. The van der Waals surface area contributed by atoms with Crippen molar-refractivity contribution < 1.29 is 19.1 Å². The first kappa shape index (κ1) is 27.8. The van der Waals surface area contributed by atoms with Crippen LogP contribution in [0.4, 0.5) is 0 Å². The van der Waals surface area contributed by atoms with Crippen LogP contribution in [0.25, 0.3) is 0 Å². The quantitative estimate of drug-likeness (QED) is 0.492. The Balaban J connectivity index is 1.59. The molecular formula is C31H41N3O4. The number of carbonyl (C=O) groups is 3. The fraction of sp³-hybridized carbons (Fsp3) is 0.516. The molecule has 2 aromatic rings.